The van der Waals surface area contributed by atoms with Gasteiger partial charge in [0.25, 0.3) is 0 Å². The number of aromatic hydroxyl groups is 1. The van der Waals surface area contributed by atoms with Crippen LogP contribution in [0.25, 0.3) is 11.3 Å². The zero-order chi connectivity index (χ0) is 44.5. The van der Waals surface area contributed by atoms with Crippen LogP contribution in [0.15, 0.2) is 108 Å². The van der Waals surface area contributed by atoms with Crippen LogP contribution in [0.2, 0.25) is 0 Å². The zero-order valence-electron chi connectivity index (χ0n) is 36.3. The molecule has 5 rings (SSSR count). The van der Waals surface area contributed by atoms with E-state index >= 15 is 0 Å². The van der Waals surface area contributed by atoms with Gasteiger partial charge in [-0.15, -0.1) is 0 Å². The molecule has 5 atom stereocenters. The number of hydrogen-bond donors (Lipinski definition) is 5. The van der Waals surface area contributed by atoms with Gasteiger partial charge in [-0.2, -0.15) is 0 Å². The van der Waals surface area contributed by atoms with Crippen molar-refractivity contribution in [2.24, 2.45) is 10.8 Å². The first-order valence-electron chi connectivity index (χ1n) is 20.4. The van der Waals surface area contributed by atoms with Gasteiger partial charge >= 0.3 is 11.8 Å². The number of nitrogens with one attached hydrogen (secondary N) is 3. The number of rotatable bonds is 16. The van der Waals surface area contributed by atoms with E-state index in [0.717, 1.165) is 28.1 Å². The van der Waals surface area contributed by atoms with Gasteiger partial charge in [-0.05, 0) is 72.4 Å². The number of carbonyl (C=O) groups is 3. The molecule has 0 aliphatic rings. The van der Waals surface area contributed by atoms with E-state index in [1.165, 1.54) is 22.4 Å². The normalized spacial score (nSPS) is 14.2. The summed E-state index contributed by atoms with van der Waals surface area (Å²) in [6, 6.07) is 24.6. The number of hydrogen-bond acceptors (Lipinski definition) is 9. The Morgan fingerprint density at radius 3 is 2.07 bits per heavy atom. The number of methoxy groups -OCH3 is 1. The molecule has 5 N–H and O–H groups in total. The van der Waals surface area contributed by atoms with E-state index in [0.29, 0.717) is 12.1 Å². The Bertz CT molecular complexity index is 2300. The van der Waals surface area contributed by atoms with Crippen molar-refractivity contribution in [2.75, 3.05) is 7.11 Å². The summed E-state index contributed by atoms with van der Waals surface area (Å²) < 4.78 is 7.25. The van der Waals surface area contributed by atoms with E-state index in [4.69, 9.17) is 4.74 Å². The number of aliphatic hydroxyl groups is 1. The van der Waals surface area contributed by atoms with Crippen LogP contribution >= 0.6 is 0 Å². The molecule has 0 saturated carbocycles. The molecule has 3 heterocycles. The fraction of sp³-hybridized carbons (Fsp3) is 0.404. The van der Waals surface area contributed by atoms with Crippen molar-refractivity contribution in [3.8, 4) is 17.1 Å². The third kappa shape index (κ3) is 12.4. The molecule has 3 aromatic heterocycles. The van der Waals surface area contributed by atoms with Crippen LogP contribution in [0.1, 0.15) is 76.5 Å². The molecule has 14 heteroatoms. The lowest BCUT2D eigenvalue weighted by molar-refractivity contribution is -0.129. The molecular weight excluding hydrogens is 775 g/mol. The van der Waals surface area contributed by atoms with Crippen molar-refractivity contribution < 1.29 is 29.3 Å². The molecule has 5 aromatic rings. The molecular formula is C47H59N7O7. The van der Waals surface area contributed by atoms with E-state index in [2.05, 4.69) is 25.9 Å². The average molecular weight is 834 g/mol. The summed E-state index contributed by atoms with van der Waals surface area (Å²) in [5.74, 6) is -1.32. The molecule has 3 amide bonds. The Kier molecular flexibility index (Phi) is 14.9. The summed E-state index contributed by atoms with van der Waals surface area (Å²) in [6.45, 7) is 12.8. The smallest absolute Gasteiger partial charge is 0.407 e. The quantitative estimate of drug-likeness (QED) is 0.0827. The highest BCUT2D eigenvalue weighted by Crippen LogP contribution is 2.32. The fourth-order valence-corrected chi connectivity index (χ4v) is 7.43. The van der Waals surface area contributed by atoms with Gasteiger partial charge in [0.05, 0.1) is 43.4 Å². The predicted molar refractivity (Wildman–Crippen MR) is 234 cm³/mol. The number of alkyl carbamates (subject to hydrolysis) is 1. The van der Waals surface area contributed by atoms with Crippen molar-refractivity contribution in [3.63, 3.8) is 0 Å². The first kappa shape index (κ1) is 45.8. The Morgan fingerprint density at radius 2 is 1.46 bits per heavy atom. The topological polar surface area (TPSA) is 190 Å². The summed E-state index contributed by atoms with van der Waals surface area (Å²) in [6.07, 6.45) is 1.53. The maximum absolute atomic E-state index is 14.6. The molecule has 5 unspecified atom stereocenters. The van der Waals surface area contributed by atoms with Gasteiger partial charge in [0.2, 0.25) is 17.7 Å². The second kappa shape index (κ2) is 19.9. The van der Waals surface area contributed by atoms with E-state index in [-0.39, 0.29) is 25.3 Å². The third-order valence-corrected chi connectivity index (χ3v) is 10.5. The van der Waals surface area contributed by atoms with Gasteiger partial charge in [0, 0.05) is 23.5 Å². The van der Waals surface area contributed by atoms with Crippen molar-refractivity contribution >= 4 is 17.9 Å². The van der Waals surface area contributed by atoms with Gasteiger partial charge in [-0.3, -0.25) is 28.7 Å². The summed E-state index contributed by atoms with van der Waals surface area (Å²) in [5.41, 5.74) is 2.61. The SMILES string of the molecule is COC(=O)NC(C(=O)NC(Cc1ccc(-c2ccccn2)cc1)C(O)CC(Cc1ccccc1)NC(=O)C(n1cc(O)n(Cc2cccc(C)n2)c1=O)C(C)(C)C)C(C)(C)C. The number of ether oxygens (including phenoxy) is 1. The molecule has 14 nitrogen and oxygen atoms in total. The summed E-state index contributed by atoms with van der Waals surface area (Å²) in [7, 11) is 1.22. The Morgan fingerprint density at radius 1 is 0.787 bits per heavy atom. The lowest BCUT2D eigenvalue weighted by Gasteiger charge is -2.35. The number of benzene rings is 2. The van der Waals surface area contributed by atoms with Crippen LogP contribution in [0.4, 0.5) is 4.79 Å². The summed E-state index contributed by atoms with van der Waals surface area (Å²) >= 11 is 0. The number of aryl methyl sites for hydroxylation is 1. The van der Waals surface area contributed by atoms with Crippen LogP contribution in [-0.4, -0.2) is 78.6 Å². The van der Waals surface area contributed by atoms with Gasteiger partial charge in [-0.1, -0.05) is 108 Å². The zero-order valence-corrected chi connectivity index (χ0v) is 36.3. The van der Waals surface area contributed by atoms with Crippen LogP contribution in [0.5, 0.6) is 5.88 Å². The molecule has 0 radical (unpaired) electrons. The molecule has 0 fully saturated rings. The Balaban J connectivity index is 1.47. The first-order chi connectivity index (χ1) is 28.8. The number of pyridine rings is 2. The van der Waals surface area contributed by atoms with E-state index in [9.17, 15) is 29.4 Å². The number of carbonyl (C=O) groups excluding carboxylic acids is 3. The second-order valence-electron chi connectivity index (χ2n) is 17.7. The highest BCUT2D eigenvalue weighted by Gasteiger charge is 2.38. The predicted octanol–water partition coefficient (Wildman–Crippen LogP) is 5.73. The van der Waals surface area contributed by atoms with Crippen LogP contribution in [0.3, 0.4) is 0 Å². The van der Waals surface area contributed by atoms with Crippen molar-refractivity contribution in [3.05, 3.63) is 136 Å². The lowest BCUT2D eigenvalue weighted by Crippen LogP contribution is -2.58. The molecule has 61 heavy (non-hydrogen) atoms. The highest BCUT2D eigenvalue weighted by molar-refractivity contribution is 5.86. The monoisotopic (exact) mass is 833 g/mol. The molecule has 0 saturated heterocycles. The highest BCUT2D eigenvalue weighted by atomic mass is 16.5. The van der Waals surface area contributed by atoms with Crippen LogP contribution in [0, 0.1) is 17.8 Å². The van der Waals surface area contributed by atoms with Gasteiger partial charge in [0.15, 0.2) is 0 Å². The average Bonchev–Trinajstić information content (AvgIpc) is 3.47. The number of aliphatic hydroxyl groups excluding tert-OH is 1. The number of nitrogens with zero attached hydrogens (tertiary/aromatic N) is 4. The Labute approximate surface area is 357 Å². The van der Waals surface area contributed by atoms with Gasteiger partial charge < -0.3 is 30.9 Å². The third-order valence-electron chi connectivity index (χ3n) is 10.5. The second-order valence-corrected chi connectivity index (χ2v) is 17.7. The van der Waals surface area contributed by atoms with Crippen LogP contribution < -0.4 is 21.6 Å². The van der Waals surface area contributed by atoms with Gasteiger partial charge in [-0.25, -0.2) is 9.59 Å². The minimum Gasteiger partial charge on any atom is -0.493 e. The van der Waals surface area contributed by atoms with Crippen molar-refractivity contribution in [1.29, 1.82) is 0 Å². The maximum Gasteiger partial charge on any atom is 0.407 e. The largest absolute Gasteiger partial charge is 0.493 e. The summed E-state index contributed by atoms with van der Waals surface area (Å²) in [5, 5.41) is 32.0. The van der Waals surface area contributed by atoms with Gasteiger partial charge in [0.1, 0.15) is 12.1 Å². The first-order valence-corrected chi connectivity index (χ1v) is 20.4. The Hall–Kier alpha value is -6.28. The number of imidazole rings is 1. The number of aromatic nitrogens is 4. The van der Waals surface area contributed by atoms with Crippen molar-refractivity contribution in [2.45, 2.75) is 105 Å². The maximum atomic E-state index is 14.6. The molecule has 0 aliphatic heterocycles. The minimum absolute atomic E-state index is 0.000728. The lowest BCUT2D eigenvalue weighted by atomic mass is 9.85. The number of amides is 3. The van der Waals surface area contributed by atoms with Crippen LogP contribution in [-0.2, 0) is 33.7 Å². The molecule has 0 aliphatic carbocycles. The molecule has 324 valence electrons. The standard InChI is InChI=1S/C47H59N7O7/c1-30-15-14-18-34(49-30)28-53-39(56)29-54(45(53)60)41(47(5,6)7)43(58)50-35(25-31-16-10-9-11-17-31)27-38(55)37(51-42(57)40(46(2,3)4)52-44(59)61-8)26-32-20-22-33(23-21-32)36-19-12-13-24-48-36/h9-24,29,35,37-38,40-41,55-56H,25-28H2,1-8H3,(H,50,58)(H,51,57)(H,52,59). The summed E-state index contributed by atoms with van der Waals surface area (Å²) in [4.78, 5) is 63.9. The van der Waals surface area contributed by atoms with E-state index in [1.54, 1.807) is 12.3 Å². The van der Waals surface area contributed by atoms with E-state index < -0.39 is 64.7 Å². The minimum atomic E-state index is -1.21. The molecule has 2 aromatic carbocycles. The molecule has 0 spiro atoms. The molecule has 0 bridgehead atoms. The fourth-order valence-electron chi connectivity index (χ4n) is 7.43. The van der Waals surface area contributed by atoms with Crippen molar-refractivity contribution in [1.82, 2.24) is 35.1 Å². The van der Waals surface area contributed by atoms with E-state index in [1.807, 2.05) is 133 Å².